The van der Waals surface area contributed by atoms with E-state index >= 15 is 0 Å². The molecule has 0 heterocycles. The number of hydrogen-bond donors (Lipinski definition) is 0. The average Bonchev–Trinajstić information content (AvgIpc) is 2.28. The molecule has 0 aliphatic carbocycles. The number of unbranched alkanes of at least 4 members (excludes halogenated alkanes) is 1. The minimum absolute atomic E-state index is 0.249. The standard InChI is InChI=1S/C12H14O3/c13-9-5-4-8-12(14)15-10-11-6-2-1-3-7-11/h1-3,6-7,9H,4-5,8,10H2. The maximum Gasteiger partial charge on any atom is 0.306 e. The van der Waals surface area contributed by atoms with Crippen LogP contribution in [0.25, 0.3) is 0 Å². The van der Waals surface area contributed by atoms with Gasteiger partial charge in [-0.05, 0) is 12.0 Å². The summed E-state index contributed by atoms with van der Waals surface area (Å²) in [5, 5.41) is 0. The van der Waals surface area contributed by atoms with Crippen molar-refractivity contribution in [3.8, 4) is 0 Å². The fourth-order valence-corrected chi connectivity index (χ4v) is 1.14. The second kappa shape index (κ2) is 6.76. The van der Waals surface area contributed by atoms with Gasteiger partial charge in [-0.2, -0.15) is 0 Å². The van der Waals surface area contributed by atoms with Gasteiger partial charge >= 0.3 is 5.97 Å². The highest BCUT2D eigenvalue weighted by Gasteiger charge is 2.02. The Bertz CT molecular complexity index is 306. The molecule has 0 saturated carbocycles. The molecule has 0 bridgehead atoms. The molecule has 0 spiro atoms. The van der Waals surface area contributed by atoms with Gasteiger partial charge in [-0.15, -0.1) is 0 Å². The minimum atomic E-state index is -0.249. The number of hydrogen-bond acceptors (Lipinski definition) is 3. The molecule has 1 aromatic carbocycles. The first-order valence-corrected chi connectivity index (χ1v) is 4.96. The van der Waals surface area contributed by atoms with Crippen LogP contribution in [0.4, 0.5) is 0 Å². The second-order valence-electron chi connectivity index (χ2n) is 3.21. The Morgan fingerprint density at radius 2 is 2.00 bits per heavy atom. The lowest BCUT2D eigenvalue weighted by atomic mass is 10.2. The quantitative estimate of drug-likeness (QED) is 0.406. The van der Waals surface area contributed by atoms with Crippen molar-refractivity contribution in [2.24, 2.45) is 0 Å². The Labute approximate surface area is 89.1 Å². The second-order valence-corrected chi connectivity index (χ2v) is 3.21. The molecular weight excluding hydrogens is 192 g/mol. The number of rotatable bonds is 6. The Balaban J connectivity index is 2.20. The van der Waals surface area contributed by atoms with Crippen molar-refractivity contribution in [2.75, 3.05) is 0 Å². The van der Waals surface area contributed by atoms with Gasteiger partial charge in [0.25, 0.3) is 0 Å². The van der Waals surface area contributed by atoms with Gasteiger partial charge in [0.2, 0.25) is 0 Å². The van der Waals surface area contributed by atoms with Gasteiger partial charge in [-0.25, -0.2) is 0 Å². The molecule has 80 valence electrons. The number of carbonyl (C=O) groups is 2. The van der Waals surface area contributed by atoms with E-state index in [-0.39, 0.29) is 5.97 Å². The van der Waals surface area contributed by atoms with Gasteiger partial charge in [-0.3, -0.25) is 4.79 Å². The molecule has 0 unspecified atom stereocenters. The highest BCUT2D eigenvalue weighted by molar-refractivity contribution is 5.69. The maximum atomic E-state index is 11.2. The van der Waals surface area contributed by atoms with Gasteiger partial charge < -0.3 is 9.53 Å². The van der Waals surface area contributed by atoms with E-state index in [4.69, 9.17) is 4.74 Å². The zero-order chi connectivity index (χ0) is 10.9. The largest absolute Gasteiger partial charge is 0.461 e. The molecule has 0 amide bonds. The normalized spacial score (nSPS) is 9.60. The lowest BCUT2D eigenvalue weighted by molar-refractivity contribution is -0.145. The Kier molecular flexibility index (Phi) is 5.15. The number of aldehydes is 1. The summed E-state index contributed by atoms with van der Waals surface area (Å²) < 4.78 is 5.02. The molecule has 0 saturated heterocycles. The highest BCUT2D eigenvalue weighted by Crippen LogP contribution is 2.03. The summed E-state index contributed by atoms with van der Waals surface area (Å²) in [6.45, 7) is 0.306. The third kappa shape index (κ3) is 4.96. The van der Waals surface area contributed by atoms with E-state index in [2.05, 4.69) is 0 Å². The van der Waals surface area contributed by atoms with E-state index < -0.39 is 0 Å². The van der Waals surface area contributed by atoms with Crippen molar-refractivity contribution in [1.82, 2.24) is 0 Å². The molecule has 1 rings (SSSR count). The predicted molar refractivity (Wildman–Crippen MR) is 56.2 cm³/mol. The van der Waals surface area contributed by atoms with Gasteiger partial charge in [0.15, 0.2) is 0 Å². The van der Waals surface area contributed by atoms with Crippen LogP contribution in [0, 0.1) is 0 Å². The third-order valence-corrected chi connectivity index (χ3v) is 1.95. The average molecular weight is 206 g/mol. The molecular formula is C12H14O3. The number of esters is 1. The van der Waals surface area contributed by atoms with Crippen LogP contribution in [0.1, 0.15) is 24.8 Å². The summed E-state index contributed by atoms with van der Waals surface area (Å²) in [5.74, 6) is -0.249. The molecule has 1 aromatic rings. The zero-order valence-corrected chi connectivity index (χ0v) is 8.52. The van der Waals surface area contributed by atoms with Crippen LogP contribution in [0.2, 0.25) is 0 Å². The van der Waals surface area contributed by atoms with Gasteiger partial charge in [0.05, 0.1) is 0 Å². The van der Waals surface area contributed by atoms with Crippen molar-refractivity contribution >= 4 is 12.3 Å². The monoisotopic (exact) mass is 206 g/mol. The van der Waals surface area contributed by atoms with E-state index in [0.717, 1.165) is 11.8 Å². The highest BCUT2D eigenvalue weighted by atomic mass is 16.5. The van der Waals surface area contributed by atoms with E-state index in [9.17, 15) is 9.59 Å². The fraction of sp³-hybridized carbons (Fsp3) is 0.333. The summed E-state index contributed by atoms with van der Waals surface area (Å²) >= 11 is 0. The summed E-state index contributed by atoms with van der Waals surface area (Å²) in [5.41, 5.74) is 0.973. The summed E-state index contributed by atoms with van der Waals surface area (Å²) in [7, 11) is 0. The fourth-order valence-electron chi connectivity index (χ4n) is 1.14. The van der Waals surface area contributed by atoms with Crippen molar-refractivity contribution in [2.45, 2.75) is 25.9 Å². The molecule has 3 nitrogen and oxygen atoms in total. The molecule has 0 aliphatic heterocycles. The molecule has 0 fully saturated rings. The number of benzene rings is 1. The van der Waals surface area contributed by atoms with Gasteiger partial charge in [0.1, 0.15) is 12.9 Å². The van der Waals surface area contributed by atoms with E-state index in [1.165, 1.54) is 0 Å². The van der Waals surface area contributed by atoms with E-state index in [1.54, 1.807) is 0 Å². The van der Waals surface area contributed by atoms with Crippen LogP contribution < -0.4 is 0 Å². The molecule has 0 aliphatic rings. The zero-order valence-electron chi connectivity index (χ0n) is 8.52. The van der Waals surface area contributed by atoms with Crippen molar-refractivity contribution < 1.29 is 14.3 Å². The molecule has 0 atom stereocenters. The lowest BCUT2D eigenvalue weighted by Gasteiger charge is -2.03. The van der Waals surface area contributed by atoms with Gasteiger partial charge in [-0.1, -0.05) is 30.3 Å². The molecule has 0 radical (unpaired) electrons. The number of ether oxygens (including phenoxy) is 1. The molecule has 15 heavy (non-hydrogen) atoms. The summed E-state index contributed by atoms with van der Waals surface area (Å²) in [6.07, 6.45) is 2.10. The number of carbonyl (C=O) groups excluding carboxylic acids is 2. The minimum Gasteiger partial charge on any atom is -0.461 e. The molecule has 0 aromatic heterocycles. The van der Waals surface area contributed by atoms with Crippen molar-refractivity contribution in [3.63, 3.8) is 0 Å². The first-order chi connectivity index (χ1) is 7.33. The van der Waals surface area contributed by atoms with Crippen LogP contribution in [0.3, 0.4) is 0 Å². The molecule has 3 heteroatoms. The smallest absolute Gasteiger partial charge is 0.306 e. The summed E-state index contributed by atoms with van der Waals surface area (Å²) in [6, 6.07) is 9.51. The van der Waals surface area contributed by atoms with E-state index in [0.29, 0.717) is 25.9 Å². The maximum absolute atomic E-state index is 11.2. The SMILES string of the molecule is O=CCCCC(=O)OCc1ccccc1. The van der Waals surface area contributed by atoms with E-state index in [1.807, 2.05) is 30.3 Å². The van der Waals surface area contributed by atoms with Crippen LogP contribution in [0.5, 0.6) is 0 Å². The lowest BCUT2D eigenvalue weighted by Crippen LogP contribution is -2.04. The van der Waals surface area contributed by atoms with Crippen LogP contribution in [-0.2, 0) is 20.9 Å². The van der Waals surface area contributed by atoms with Crippen molar-refractivity contribution in [3.05, 3.63) is 35.9 Å². The Hall–Kier alpha value is -1.64. The summed E-state index contributed by atoms with van der Waals surface area (Å²) in [4.78, 5) is 21.2. The molecule has 0 N–H and O–H groups in total. The van der Waals surface area contributed by atoms with Crippen LogP contribution in [-0.4, -0.2) is 12.3 Å². The van der Waals surface area contributed by atoms with Gasteiger partial charge in [0, 0.05) is 12.8 Å². The first-order valence-electron chi connectivity index (χ1n) is 4.96. The predicted octanol–water partition coefficient (Wildman–Crippen LogP) is 2.10. The Morgan fingerprint density at radius 1 is 1.27 bits per heavy atom. The Morgan fingerprint density at radius 3 is 2.67 bits per heavy atom. The topological polar surface area (TPSA) is 43.4 Å². The van der Waals surface area contributed by atoms with Crippen LogP contribution >= 0.6 is 0 Å². The third-order valence-electron chi connectivity index (χ3n) is 1.95. The first kappa shape index (κ1) is 11.4. The van der Waals surface area contributed by atoms with Crippen LogP contribution in [0.15, 0.2) is 30.3 Å². The van der Waals surface area contributed by atoms with Crippen molar-refractivity contribution in [1.29, 1.82) is 0 Å².